The first-order valence-corrected chi connectivity index (χ1v) is 19.1. The monoisotopic (exact) mass is 393 g/mol. The van der Waals surface area contributed by atoms with Crippen molar-refractivity contribution in [1.82, 2.24) is 0 Å². The van der Waals surface area contributed by atoms with Crippen molar-refractivity contribution in [1.29, 1.82) is 0 Å². The fourth-order valence-electron chi connectivity index (χ4n) is 2.91. The number of allylic oxidation sites excluding steroid dienone is 4. The molecular weight excluding hydrogens is 360 g/mol. The van der Waals surface area contributed by atoms with Gasteiger partial charge < -0.3 is 0 Å². The molecule has 1 aromatic carbocycles. The zero-order valence-corrected chi connectivity index (χ0v) is 20.4. The molecular formula is C20H33OSi2Ti. The summed E-state index contributed by atoms with van der Waals surface area (Å²) in [6, 6.07) is 7.02. The van der Waals surface area contributed by atoms with Gasteiger partial charge in [-0.1, -0.05) is 0 Å². The third-order valence-corrected chi connectivity index (χ3v) is 21.2. The van der Waals surface area contributed by atoms with Crippen LogP contribution in [0.1, 0.15) is 32.8 Å². The molecule has 0 spiro atoms. The van der Waals surface area contributed by atoms with Gasteiger partial charge in [-0.2, -0.15) is 0 Å². The van der Waals surface area contributed by atoms with Crippen molar-refractivity contribution in [2.24, 2.45) is 0 Å². The van der Waals surface area contributed by atoms with E-state index < -0.39 is 32.3 Å². The molecule has 0 saturated carbocycles. The third kappa shape index (κ3) is 4.43. The van der Waals surface area contributed by atoms with Crippen molar-refractivity contribution in [3.8, 4) is 5.75 Å². The summed E-state index contributed by atoms with van der Waals surface area (Å²) in [4.78, 5) is 0. The molecule has 0 fully saturated rings. The Hall–Kier alpha value is -0.352. The van der Waals surface area contributed by atoms with Crippen LogP contribution in [0.5, 0.6) is 5.75 Å². The van der Waals surface area contributed by atoms with Gasteiger partial charge in [-0.15, -0.1) is 0 Å². The molecule has 1 nitrogen and oxygen atoms in total. The number of hydrogen-bond donors (Lipinski definition) is 0. The summed E-state index contributed by atoms with van der Waals surface area (Å²) in [7, 11) is -1.53. The Morgan fingerprint density at radius 3 is 2.29 bits per heavy atom. The third-order valence-electron chi connectivity index (χ3n) is 5.49. The van der Waals surface area contributed by atoms with Gasteiger partial charge in [0.15, 0.2) is 0 Å². The average molecular weight is 394 g/mol. The molecule has 1 aliphatic rings. The van der Waals surface area contributed by atoms with Crippen LogP contribution in [0.4, 0.5) is 0 Å². The summed E-state index contributed by atoms with van der Waals surface area (Å²) in [5.41, 5.74) is 1.34. The van der Waals surface area contributed by atoms with Crippen LogP contribution in [-0.2, 0) is 17.5 Å². The average Bonchev–Trinajstić information content (AvgIpc) is 2.96. The summed E-state index contributed by atoms with van der Waals surface area (Å²) in [5, 5.41) is 1.88. The minimum atomic E-state index is -1.58. The molecule has 0 radical (unpaired) electrons. The van der Waals surface area contributed by atoms with Crippen molar-refractivity contribution < 1.29 is 20.8 Å². The zero-order valence-electron chi connectivity index (χ0n) is 16.7. The molecule has 0 heterocycles. The predicted octanol–water partition coefficient (Wildman–Crippen LogP) is 5.45. The summed E-state index contributed by atoms with van der Waals surface area (Å²) in [6.07, 6.45) is 7.94. The fraction of sp³-hybridized carbons (Fsp3) is 0.500. The van der Waals surface area contributed by atoms with Crippen molar-refractivity contribution in [2.45, 2.75) is 65.3 Å². The Bertz CT molecular complexity index is 654. The van der Waals surface area contributed by atoms with E-state index in [0.29, 0.717) is 5.04 Å². The van der Waals surface area contributed by atoms with Gasteiger partial charge in [0.2, 0.25) is 0 Å². The molecule has 0 saturated heterocycles. The van der Waals surface area contributed by atoms with E-state index >= 15 is 0 Å². The molecule has 0 aromatic heterocycles. The van der Waals surface area contributed by atoms with Gasteiger partial charge in [-0.3, -0.25) is 0 Å². The van der Waals surface area contributed by atoms with E-state index in [0.717, 1.165) is 12.2 Å². The molecule has 0 aliphatic heterocycles. The first kappa shape index (κ1) is 20.0. The van der Waals surface area contributed by atoms with E-state index in [-0.39, 0.29) is 0 Å². The molecule has 131 valence electrons. The molecule has 0 unspecified atom stereocenters. The zero-order chi connectivity index (χ0) is 18.1. The number of benzene rings is 1. The first-order valence-electron chi connectivity index (χ1n) is 9.05. The second-order valence-corrected chi connectivity index (χ2v) is 26.5. The number of aryl methyl sites for hydroxylation is 1. The van der Waals surface area contributed by atoms with Crippen molar-refractivity contribution in [2.75, 3.05) is 0 Å². The SMILES string of the molecule is Cc1cc([O][Ti]([C]2=CC=CC2)[SiH](C)C)cc([Si](C)(C)C(C)(C)C)c1. The summed E-state index contributed by atoms with van der Waals surface area (Å²) in [6.45, 7) is 18.5. The van der Waals surface area contributed by atoms with Crippen molar-refractivity contribution >= 4 is 19.9 Å². The van der Waals surface area contributed by atoms with Crippen LogP contribution < -0.4 is 8.51 Å². The van der Waals surface area contributed by atoms with Crippen LogP contribution in [0, 0.1) is 6.92 Å². The van der Waals surface area contributed by atoms with Crippen LogP contribution in [0.2, 0.25) is 31.2 Å². The number of hydrogen-bond acceptors (Lipinski definition) is 1. The van der Waals surface area contributed by atoms with Gasteiger partial charge in [0.1, 0.15) is 0 Å². The summed E-state index contributed by atoms with van der Waals surface area (Å²) < 4.78 is 8.35. The van der Waals surface area contributed by atoms with Crippen LogP contribution in [0.15, 0.2) is 40.3 Å². The molecule has 24 heavy (non-hydrogen) atoms. The second-order valence-electron chi connectivity index (χ2n) is 8.85. The van der Waals surface area contributed by atoms with Gasteiger partial charge in [-0.25, -0.2) is 0 Å². The quantitative estimate of drug-likeness (QED) is 0.605. The van der Waals surface area contributed by atoms with Crippen molar-refractivity contribution in [3.63, 3.8) is 0 Å². The molecule has 0 bridgehead atoms. The standard InChI is InChI=1S/C13H22OSi.C5H5.C2H7Si.Ti/c1-10-7-11(14)9-12(8-10)15(5,6)13(2,3)4;1-2-4-5-3-1;1-3-2;/h7-9,14H,1-6H3;1-3H,4H2;3H,1-2H3;/q;;;+1/p-1. The minimum absolute atomic E-state index is 0.349. The summed E-state index contributed by atoms with van der Waals surface area (Å²) in [5.74, 6) is 1.14. The fourth-order valence-corrected chi connectivity index (χ4v) is 13.6. The number of rotatable bonds is 5. The Balaban J connectivity index is 2.34. The molecule has 2 rings (SSSR count). The van der Waals surface area contributed by atoms with E-state index in [1.165, 1.54) is 10.8 Å². The van der Waals surface area contributed by atoms with Gasteiger partial charge in [0.05, 0.1) is 0 Å². The normalized spacial score (nSPS) is 15.0. The Kier molecular flexibility index (Phi) is 6.23. The Morgan fingerprint density at radius 1 is 1.12 bits per heavy atom. The Labute approximate surface area is 157 Å². The second kappa shape index (κ2) is 7.49. The van der Waals surface area contributed by atoms with Crippen LogP contribution in [0.25, 0.3) is 0 Å². The van der Waals surface area contributed by atoms with Crippen LogP contribution in [-0.4, -0.2) is 14.7 Å². The van der Waals surface area contributed by atoms with Gasteiger partial charge in [0.25, 0.3) is 0 Å². The van der Waals surface area contributed by atoms with E-state index in [4.69, 9.17) is 3.32 Å². The molecule has 4 heteroatoms. The molecule has 1 aliphatic carbocycles. The van der Waals surface area contributed by atoms with E-state index in [1.807, 2.05) is 0 Å². The summed E-state index contributed by atoms with van der Waals surface area (Å²) >= 11 is -1.58. The topological polar surface area (TPSA) is 9.23 Å². The predicted molar refractivity (Wildman–Crippen MR) is 109 cm³/mol. The van der Waals surface area contributed by atoms with Crippen LogP contribution in [0.3, 0.4) is 0 Å². The molecule has 0 amide bonds. The van der Waals surface area contributed by atoms with Gasteiger partial charge in [-0.05, 0) is 0 Å². The first-order chi connectivity index (χ1) is 11.0. The van der Waals surface area contributed by atoms with E-state index in [9.17, 15) is 0 Å². The van der Waals surface area contributed by atoms with Gasteiger partial charge >= 0.3 is 158 Å². The molecule has 0 N–H and O–H groups in total. The van der Waals surface area contributed by atoms with E-state index in [1.54, 1.807) is 3.88 Å². The molecule has 0 atom stereocenters. The molecule has 1 aromatic rings. The maximum absolute atomic E-state index is 6.73. The van der Waals surface area contributed by atoms with Crippen molar-refractivity contribution in [3.05, 3.63) is 45.9 Å². The van der Waals surface area contributed by atoms with Crippen LogP contribution >= 0.6 is 0 Å². The Morgan fingerprint density at radius 2 is 1.79 bits per heavy atom. The maximum atomic E-state index is 6.73. The van der Waals surface area contributed by atoms with E-state index in [2.05, 4.69) is 90.3 Å². The van der Waals surface area contributed by atoms with Gasteiger partial charge in [0, 0.05) is 0 Å².